The number of nitrogens with one attached hydrogen (secondary N) is 1. The van der Waals surface area contributed by atoms with Gasteiger partial charge >= 0.3 is 0 Å². The molecule has 0 fully saturated rings. The monoisotopic (exact) mass is 292 g/mol. The molecule has 2 aromatic heterocycles. The van der Waals surface area contributed by atoms with Crippen molar-refractivity contribution in [2.75, 3.05) is 5.32 Å². The molecule has 0 spiro atoms. The van der Waals surface area contributed by atoms with E-state index in [9.17, 15) is 4.79 Å². The summed E-state index contributed by atoms with van der Waals surface area (Å²) >= 11 is 0. The zero-order chi connectivity index (χ0) is 15.5. The first-order valence-corrected chi connectivity index (χ1v) is 6.99. The second kappa shape index (κ2) is 5.81. The van der Waals surface area contributed by atoms with Crippen molar-refractivity contribution < 1.29 is 4.79 Å². The summed E-state index contributed by atoms with van der Waals surface area (Å²) in [7, 11) is 0. The molecule has 0 aliphatic heterocycles. The van der Waals surface area contributed by atoms with Crippen molar-refractivity contribution in [2.45, 2.75) is 13.8 Å². The Morgan fingerprint density at radius 2 is 1.91 bits per heavy atom. The highest BCUT2D eigenvalue weighted by Gasteiger charge is 2.12. The summed E-state index contributed by atoms with van der Waals surface area (Å²) < 4.78 is 1.64. The zero-order valence-corrected chi connectivity index (χ0v) is 12.4. The third-order valence-electron chi connectivity index (χ3n) is 3.23. The van der Waals surface area contributed by atoms with Gasteiger partial charge in [-0.3, -0.25) is 4.79 Å². The normalized spacial score (nSPS) is 10.5. The molecule has 1 aromatic carbocycles. The molecule has 0 saturated carbocycles. The number of carbonyl (C=O) groups is 1. The van der Waals surface area contributed by atoms with Gasteiger partial charge in [0.05, 0.1) is 5.69 Å². The summed E-state index contributed by atoms with van der Waals surface area (Å²) in [6.07, 6.45) is 1.69. The fourth-order valence-corrected chi connectivity index (χ4v) is 2.17. The SMILES string of the molecule is CC(=O)Nc1cc(-c2ccc(C)cc2)nn1-c1ccccn1. The van der Waals surface area contributed by atoms with Crippen LogP contribution in [0, 0.1) is 6.92 Å². The molecule has 3 aromatic rings. The van der Waals surface area contributed by atoms with E-state index in [2.05, 4.69) is 15.4 Å². The molecular weight excluding hydrogens is 276 g/mol. The van der Waals surface area contributed by atoms with Crippen LogP contribution in [0.3, 0.4) is 0 Å². The van der Waals surface area contributed by atoms with Crippen LogP contribution in [-0.4, -0.2) is 20.7 Å². The first kappa shape index (κ1) is 14.0. The van der Waals surface area contributed by atoms with E-state index >= 15 is 0 Å². The lowest BCUT2D eigenvalue weighted by Gasteiger charge is -2.05. The van der Waals surface area contributed by atoms with E-state index in [0.29, 0.717) is 11.6 Å². The molecule has 1 N–H and O–H groups in total. The summed E-state index contributed by atoms with van der Waals surface area (Å²) in [6.45, 7) is 3.51. The lowest BCUT2D eigenvalue weighted by Crippen LogP contribution is -2.11. The second-order valence-corrected chi connectivity index (χ2v) is 5.06. The number of rotatable bonds is 3. The number of nitrogens with zero attached hydrogens (tertiary/aromatic N) is 3. The van der Waals surface area contributed by atoms with Crippen LogP contribution in [-0.2, 0) is 4.79 Å². The van der Waals surface area contributed by atoms with Gasteiger partial charge in [0.1, 0.15) is 5.82 Å². The molecule has 0 aliphatic carbocycles. The zero-order valence-electron chi connectivity index (χ0n) is 12.4. The van der Waals surface area contributed by atoms with Gasteiger partial charge in [-0.2, -0.15) is 9.78 Å². The Labute approximate surface area is 128 Å². The number of carbonyl (C=O) groups excluding carboxylic acids is 1. The highest BCUT2D eigenvalue weighted by Crippen LogP contribution is 2.24. The molecule has 5 nitrogen and oxygen atoms in total. The molecule has 0 unspecified atom stereocenters. The molecule has 1 amide bonds. The summed E-state index contributed by atoms with van der Waals surface area (Å²) in [5.41, 5.74) is 2.97. The summed E-state index contributed by atoms with van der Waals surface area (Å²) in [5.74, 6) is 1.11. The van der Waals surface area contributed by atoms with Crippen LogP contribution in [0.4, 0.5) is 5.82 Å². The van der Waals surface area contributed by atoms with E-state index in [0.717, 1.165) is 11.3 Å². The Hall–Kier alpha value is -2.95. The van der Waals surface area contributed by atoms with Crippen LogP contribution in [0.25, 0.3) is 17.1 Å². The van der Waals surface area contributed by atoms with Crippen molar-refractivity contribution in [1.29, 1.82) is 0 Å². The quantitative estimate of drug-likeness (QED) is 0.806. The number of benzene rings is 1. The molecule has 0 saturated heterocycles. The third-order valence-corrected chi connectivity index (χ3v) is 3.23. The number of pyridine rings is 1. The summed E-state index contributed by atoms with van der Waals surface area (Å²) in [6, 6.07) is 15.5. The van der Waals surface area contributed by atoms with Crippen molar-refractivity contribution in [2.24, 2.45) is 0 Å². The predicted molar refractivity (Wildman–Crippen MR) is 85.8 cm³/mol. The van der Waals surface area contributed by atoms with Crippen LogP contribution in [0.5, 0.6) is 0 Å². The molecule has 0 radical (unpaired) electrons. The van der Waals surface area contributed by atoms with E-state index in [1.54, 1.807) is 10.9 Å². The smallest absolute Gasteiger partial charge is 0.222 e. The van der Waals surface area contributed by atoms with Crippen molar-refractivity contribution in [1.82, 2.24) is 14.8 Å². The first-order chi connectivity index (χ1) is 10.6. The number of hydrogen-bond donors (Lipinski definition) is 1. The van der Waals surface area contributed by atoms with Crippen molar-refractivity contribution in [3.8, 4) is 17.1 Å². The average molecular weight is 292 g/mol. The number of amides is 1. The van der Waals surface area contributed by atoms with Crippen molar-refractivity contribution in [3.63, 3.8) is 0 Å². The number of anilines is 1. The fourth-order valence-electron chi connectivity index (χ4n) is 2.17. The average Bonchev–Trinajstić information content (AvgIpc) is 2.92. The molecule has 22 heavy (non-hydrogen) atoms. The molecule has 5 heteroatoms. The maximum absolute atomic E-state index is 11.4. The van der Waals surface area contributed by atoms with Gasteiger partial charge in [0.25, 0.3) is 0 Å². The van der Waals surface area contributed by atoms with Crippen molar-refractivity contribution in [3.05, 3.63) is 60.3 Å². The Morgan fingerprint density at radius 3 is 2.55 bits per heavy atom. The first-order valence-electron chi connectivity index (χ1n) is 6.99. The van der Waals surface area contributed by atoms with Gasteiger partial charge in [-0.05, 0) is 19.1 Å². The Balaban J connectivity index is 2.08. The summed E-state index contributed by atoms with van der Waals surface area (Å²) in [4.78, 5) is 15.7. The highest BCUT2D eigenvalue weighted by atomic mass is 16.1. The highest BCUT2D eigenvalue weighted by molar-refractivity contribution is 5.88. The predicted octanol–water partition coefficient (Wildman–Crippen LogP) is 3.20. The largest absolute Gasteiger partial charge is 0.311 e. The molecule has 3 rings (SSSR count). The molecule has 2 heterocycles. The fraction of sp³-hybridized carbons (Fsp3) is 0.118. The van der Waals surface area contributed by atoms with E-state index < -0.39 is 0 Å². The molecule has 110 valence electrons. The third kappa shape index (κ3) is 2.88. The minimum Gasteiger partial charge on any atom is -0.311 e. The van der Waals surface area contributed by atoms with E-state index in [-0.39, 0.29) is 5.91 Å². The van der Waals surface area contributed by atoms with Gasteiger partial charge in [0.2, 0.25) is 5.91 Å². The van der Waals surface area contributed by atoms with Gasteiger partial charge in [-0.15, -0.1) is 0 Å². The Bertz CT molecular complexity index is 791. The van der Waals surface area contributed by atoms with Crippen LogP contribution >= 0.6 is 0 Å². The number of hydrogen-bond acceptors (Lipinski definition) is 3. The minimum absolute atomic E-state index is 0.146. The number of aromatic nitrogens is 3. The lowest BCUT2D eigenvalue weighted by molar-refractivity contribution is -0.114. The van der Waals surface area contributed by atoms with Crippen LogP contribution in [0.15, 0.2) is 54.7 Å². The number of aryl methyl sites for hydroxylation is 1. The lowest BCUT2D eigenvalue weighted by atomic mass is 10.1. The molecule has 0 bridgehead atoms. The maximum Gasteiger partial charge on any atom is 0.222 e. The van der Waals surface area contributed by atoms with Crippen LogP contribution in [0.2, 0.25) is 0 Å². The van der Waals surface area contributed by atoms with Gasteiger partial charge in [0.15, 0.2) is 5.82 Å². The Kier molecular flexibility index (Phi) is 3.70. The Morgan fingerprint density at radius 1 is 1.14 bits per heavy atom. The topological polar surface area (TPSA) is 59.8 Å². The van der Waals surface area contributed by atoms with E-state index in [1.807, 2.05) is 55.5 Å². The second-order valence-electron chi connectivity index (χ2n) is 5.06. The van der Waals surface area contributed by atoms with Gasteiger partial charge < -0.3 is 5.32 Å². The maximum atomic E-state index is 11.4. The van der Waals surface area contributed by atoms with Gasteiger partial charge in [-0.1, -0.05) is 35.9 Å². The summed E-state index contributed by atoms with van der Waals surface area (Å²) in [5, 5.41) is 7.37. The van der Waals surface area contributed by atoms with Gasteiger partial charge in [-0.25, -0.2) is 4.98 Å². The standard InChI is InChI=1S/C17H16N4O/c1-12-6-8-14(9-7-12)15-11-17(19-13(2)22)21(20-15)16-5-3-4-10-18-16/h3-11H,1-2H3,(H,19,22). The minimum atomic E-state index is -0.146. The van der Waals surface area contributed by atoms with E-state index in [1.165, 1.54) is 12.5 Å². The molecule has 0 aliphatic rings. The van der Waals surface area contributed by atoms with Crippen molar-refractivity contribution >= 4 is 11.7 Å². The van der Waals surface area contributed by atoms with E-state index in [4.69, 9.17) is 0 Å². The molecular formula is C17H16N4O. The van der Waals surface area contributed by atoms with Gasteiger partial charge in [0, 0.05) is 24.8 Å². The van der Waals surface area contributed by atoms with Crippen LogP contribution < -0.4 is 5.32 Å². The van der Waals surface area contributed by atoms with Crippen LogP contribution in [0.1, 0.15) is 12.5 Å². The molecule has 0 atom stereocenters.